The van der Waals surface area contributed by atoms with Gasteiger partial charge in [0.2, 0.25) is 0 Å². The summed E-state index contributed by atoms with van der Waals surface area (Å²) in [7, 11) is 0. The highest BCUT2D eigenvalue weighted by atomic mass is 16.6. The molecule has 0 bridgehead atoms. The molecule has 1 rings (SSSR count). The zero-order valence-corrected chi connectivity index (χ0v) is 10.8. The molecule has 0 atom stereocenters. The first kappa shape index (κ1) is 13.6. The fraction of sp³-hybridized carbons (Fsp3) is 0.467. The molecule has 0 aliphatic heterocycles. The van der Waals surface area contributed by atoms with Gasteiger partial charge in [-0.25, -0.2) is 0 Å². The molecule has 2 nitrogen and oxygen atoms in total. The lowest BCUT2D eigenvalue weighted by Gasteiger charge is -2.03. The van der Waals surface area contributed by atoms with Crippen molar-refractivity contribution >= 4 is 5.69 Å². The normalized spacial score (nSPS) is 9.53. The number of nitrogens with one attached hydrogen (secondary N) is 1. The smallest absolute Gasteiger partial charge is 0.135 e. The van der Waals surface area contributed by atoms with Gasteiger partial charge in [0.1, 0.15) is 6.61 Å². The van der Waals surface area contributed by atoms with E-state index in [1.165, 1.54) is 24.8 Å². The SMILES string of the molecule is CCCCCC#CCONc1ccc(C)cc1. The summed E-state index contributed by atoms with van der Waals surface area (Å²) >= 11 is 0. The zero-order chi connectivity index (χ0) is 12.3. The maximum atomic E-state index is 5.24. The van der Waals surface area contributed by atoms with Gasteiger partial charge in [-0.3, -0.25) is 10.3 Å². The summed E-state index contributed by atoms with van der Waals surface area (Å²) in [6.45, 7) is 4.69. The summed E-state index contributed by atoms with van der Waals surface area (Å²) in [6.07, 6.45) is 4.67. The quantitative estimate of drug-likeness (QED) is 0.455. The summed E-state index contributed by atoms with van der Waals surface area (Å²) < 4.78 is 0. The third-order valence-corrected chi connectivity index (χ3v) is 2.42. The van der Waals surface area contributed by atoms with Crippen LogP contribution >= 0.6 is 0 Å². The molecule has 1 aromatic rings. The van der Waals surface area contributed by atoms with Gasteiger partial charge in [0, 0.05) is 6.42 Å². The van der Waals surface area contributed by atoms with Crippen LogP contribution in [0.2, 0.25) is 0 Å². The second kappa shape index (κ2) is 8.66. The predicted octanol–water partition coefficient (Wildman–Crippen LogP) is 3.92. The van der Waals surface area contributed by atoms with Gasteiger partial charge < -0.3 is 0 Å². The van der Waals surface area contributed by atoms with E-state index >= 15 is 0 Å². The Morgan fingerprint density at radius 1 is 1.12 bits per heavy atom. The maximum Gasteiger partial charge on any atom is 0.135 e. The van der Waals surface area contributed by atoms with Crippen molar-refractivity contribution < 1.29 is 4.84 Å². The van der Waals surface area contributed by atoms with Gasteiger partial charge in [-0.05, 0) is 25.5 Å². The minimum absolute atomic E-state index is 0.431. The molecule has 92 valence electrons. The molecule has 0 amide bonds. The Bertz CT molecular complexity index is 359. The molecular formula is C15H21NO. The molecule has 0 aliphatic rings. The van der Waals surface area contributed by atoms with E-state index in [1.807, 2.05) is 24.3 Å². The molecule has 0 heterocycles. The van der Waals surface area contributed by atoms with Crippen molar-refractivity contribution in [3.63, 3.8) is 0 Å². The van der Waals surface area contributed by atoms with Crippen LogP contribution in [-0.4, -0.2) is 6.61 Å². The van der Waals surface area contributed by atoms with E-state index in [1.54, 1.807) is 0 Å². The van der Waals surface area contributed by atoms with Gasteiger partial charge in [-0.1, -0.05) is 43.4 Å². The molecule has 0 saturated carbocycles. The summed E-state index contributed by atoms with van der Waals surface area (Å²) in [4.78, 5) is 5.24. The third kappa shape index (κ3) is 6.65. The van der Waals surface area contributed by atoms with Gasteiger partial charge in [0.15, 0.2) is 0 Å². The van der Waals surface area contributed by atoms with E-state index in [0.29, 0.717) is 6.61 Å². The van der Waals surface area contributed by atoms with Crippen LogP contribution in [0.15, 0.2) is 24.3 Å². The molecule has 0 aromatic heterocycles. The lowest BCUT2D eigenvalue weighted by molar-refractivity contribution is 0.234. The van der Waals surface area contributed by atoms with Gasteiger partial charge in [-0.2, -0.15) is 0 Å². The summed E-state index contributed by atoms with van der Waals surface area (Å²) in [5.74, 6) is 6.09. The first-order valence-corrected chi connectivity index (χ1v) is 6.23. The number of anilines is 1. The lowest BCUT2D eigenvalue weighted by atomic mass is 10.2. The second-order valence-electron chi connectivity index (χ2n) is 4.07. The van der Waals surface area contributed by atoms with Crippen LogP contribution in [0, 0.1) is 18.8 Å². The molecule has 0 radical (unpaired) electrons. The van der Waals surface area contributed by atoms with E-state index in [9.17, 15) is 0 Å². The fourth-order valence-corrected chi connectivity index (χ4v) is 1.38. The van der Waals surface area contributed by atoms with Crippen LogP contribution in [-0.2, 0) is 4.84 Å². The summed E-state index contributed by atoms with van der Waals surface area (Å²) in [5, 5.41) is 0. The van der Waals surface area contributed by atoms with Crippen molar-refractivity contribution in [1.29, 1.82) is 0 Å². The maximum absolute atomic E-state index is 5.24. The fourth-order valence-electron chi connectivity index (χ4n) is 1.38. The molecule has 0 spiro atoms. The standard InChI is InChI=1S/C15H21NO/c1-3-4-5-6-7-8-13-17-16-15-11-9-14(2)10-12-15/h9-12,16H,3-6,13H2,1-2H3. The van der Waals surface area contributed by atoms with Crippen LogP contribution in [0.1, 0.15) is 38.2 Å². The van der Waals surface area contributed by atoms with E-state index < -0.39 is 0 Å². The van der Waals surface area contributed by atoms with Crippen molar-refractivity contribution in [1.82, 2.24) is 0 Å². The molecule has 17 heavy (non-hydrogen) atoms. The first-order chi connectivity index (χ1) is 8.33. The number of rotatable bonds is 6. The number of hydrogen-bond acceptors (Lipinski definition) is 2. The molecule has 0 fully saturated rings. The highest BCUT2D eigenvalue weighted by Gasteiger charge is 1.89. The van der Waals surface area contributed by atoms with Crippen molar-refractivity contribution in [2.24, 2.45) is 0 Å². The Balaban J connectivity index is 2.09. The van der Waals surface area contributed by atoms with Crippen molar-refractivity contribution in [3.05, 3.63) is 29.8 Å². The molecule has 0 saturated heterocycles. The van der Waals surface area contributed by atoms with Gasteiger partial charge in [-0.15, -0.1) is 5.92 Å². The van der Waals surface area contributed by atoms with Crippen LogP contribution in [0.3, 0.4) is 0 Å². The summed E-state index contributed by atoms with van der Waals surface area (Å²) in [5.41, 5.74) is 5.07. The highest BCUT2D eigenvalue weighted by Crippen LogP contribution is 2.07. The van der Waals surface area contributed by atoms with Gasteiger partial charge in [0.05, 0.1) is 5.69 Å². The molecule has 0 aliphatic carbocycles. The minimum atomic E-state index is 0.431. The van der Waals surface area contributed by atoms with Crippen LogP contribution in [0.25, 0.3) is 0 Å². The Labute approximate surface area is 104 Å². The minimum Gasteiger partial charge on any atom is -0.266 e. The Morgan fingerprint density at radius 3 is 2.59 bits per heavy atom. The molecule has 2 heteroatoms. The Morgan fingerprint density at radius 2 is 1.88 bits per heavy atom. The number of unbranched alkanes of at least 4 members (excludes halogenated alkanes) is 3. The van der Waals surface area contributed by atoms with E-state index in [0.717, 1.165) is 12.1 Å². The van der Waals surface area contributed by atoms with Gasteiger partial charge >= 0.3 is 0 Å². The second-order valence-corrected chi connectivity index (χ2v) is 4.07. The predicted molar refractivity (Wildman–Crippen MR) is 72.7 cm³/mol. The molecule has 1 aromatic carbocycles. The first-order valence-electron chi connectivity index (χ1n) is 6.23. The number of hydrogen-bond donors (Lipinski definition) is 1. The Hall–Kier alpha value is -1.46. The average Bonchev–Trinajstić information content (AvgIpc) is 2.35. The summed E-state index contributed by atoms with van der Waals surface area (Å²) in [6, 6.07) is 8.07. The monoisotopic (exact) mass is 231 g/mol. The largest absolute Gasteiger partial charge is 0.266 e. The van der Waals surface area contributed by atoms with Crippen LogP contribution in [0.5, 0.6) is 0 Å². The molecular weight excluding hydrogens is 210 g/mol. The topological polar surface area (TPSA) is 21.3 Å². The molecule has 0 unspecified atom stereocenters. The lowest BCUT2D eigenvalue weighted by Crippen LogP contribution is -2.00. The van der Waals surface area contributed by atoms with Crippen molar-refractivity contribution in [2.45, 2.75) is 39.5 Å². The van der Waals surface area contributed by atoms with E-state index in [4.69, 9.17) is 4.84 Å². The Kier molecular flexibility index (Phi) is 6.93. The van der Waals surface area contributed by atoms with Gasteiger partial charge in [0.25, 0.3) is 0 Å². The van der Waals surface area contributed by atoms with E-state index in [-0.39, 0.29) is 0 Å². The van der Waals surface area contributed by atoms with Crippen molar-refractivity contribution in [3.8, 4) is 11.8 Å². The number of aryl methyl sites for hydroxylation is 1. The average molecular weight is 231 g/mol. The number of benzene rings is 1. The van der Waals surface area contributed by atoms with Crippen LogP contribution < -0.4 is 5.48 Å². The zero-order valence-electron chi connectivity index (χ0n) is 10.8. The highest BCUT2D eigenvalue weighted by molar-refractivity contribution is 5.42. The van der Waals surface area contributed by atoms with E-state index in [2.05, 4.69) is 31.2 Å². The third-order valence-electron chi connectivity index (χ3n) is 2.42. The van der Waals surface area contributed by atoms with Crippen LogP contribution in [0.4, 0.5) is 5.69 Å². The van der Waals surface area contributed by atoms with Crippen molar-refractivity contribution in [2.75, 3.05) is 12.1 Å². The molecule has 1 N–H and O–H groups in total.